The molecule has 1 unspecified atom stereocenters. The summed E-state index contributed by atoms with van der Waals surface area (Å²) in [5.41, 5.74) is 1.48. The van der Waals surface area contributed by atoms with Gasteiger partial charge in [-0.15, -0.1) is 0 Å². The number of carbonyl (C=O) groups is 1. The average Bonchev–Trinajstić information content (AvgIpc) is 2.52. The van der Waals surface area contributed by atoms with E-state index < -0.39 is 0 Å². The van der Waals surface area contributed by atoms with Crippen molar-refractivity contribution in [2.45, 2.75) is 12.5 Å². The van der Waals surface area contributed by atoms with Crippen molar-refractivity contribution in [3.05, 3.63) is 70.1 Å². The molecule has 0 saturated heterocycles. The van der Waals surface area contributed by atoms with Crippen molar-refractivity contribution in [3.63, 3.8) is 0 Å². The number of nitrogens with zero attached hydrogens (tertiary/aromatic N) is 1. The normalized spacial score (nSPS) is 12.1. The third-order valence-electron chi connectivity index (χ3n) is 3.59. The molecule has 0 saturated carbocycles. The molecule has 1 atom stereocenters. The maximum atomic E-state index is 12.1. The summed E-state index contributed by atoms with van der Waals surface area (Å²) in [6.45, 7) is 0.542. The van der Waals surface area contributed by atoms with Gasteiger partial charge in [-0.1, -0.05) is 30.3 Å². The minimum atomic E-state index is -0.216. The zero-order valence-corrected chi connectivity index (χ0v) is 12.9. The second-order valence-corrected chi connectivity index (χ2v) is 5.46. The van der Waals surface area contributed by atoms with Gasteiger partial charge in [-0.3, -0.25) is 9.59 Å². The minimum Gasteiger partial charge on any atom is -0.350 e. The molecular formula is C17H21N3O2. The molecule has 1 heterocycles. The summed E-state index contributed by atoms with van der Waals surface area (Å²) in [5.74, 6) is -0.184. The molecule has 5 heteroatoms. The van der Waals surface area contributed by atoms with E-state index in [4.69, 9.17) is 0 Å². The summed E-state index contributed by atoms with van der Waals surface area (Å²) in [5, 5.41) is 2.92. The van der Waals surface area contributed by atoms with Crippen LogP contribution >= 0.6 is 0 Å². The second kappa shape index (κ2) is 7.56. The molecule has 0 aliphatic heterocycles. The SMILES string of the molecule is CN(C)C(CNC(=O)c1ccc(=O)[nH]c1)Cc1ccccc1. The molecule has 0 radical (unpaired) electrons. The molecule has 22 heavy (non-hydrogen) atoms. The number of amides is 1. The minimum absolute atomic E-state index is 0.184. The number of hydrogen-bond donors (Lipinski definition) is 2. The first-order valence-corrected chi connectivity index (χ1v) is 7.23. The Hall–Kier alpha value is -2.40. The van der Waals surface area contributed by atoms with Gasteiger partial charge in [0.25, 0.3) is 5.91 Å². The Labute approximate surface area is 130 Å². The van der Waals surface area contributed by atoms with Crippen molar-refractivity contribution < 1.29 is 4.79 Å². The highest BCUT2D eigenvalue weighted by Gasteiger charge is 2.14. The summed E-state index contributed by atoms with van der Waals surface area (Å²) in [4.78, 5) is 27.7. The predicted molar refractivity (Wildman–Crippen MR) is 87.0 cm³/mol. The van der Waals surface area contributed by atoms with Gasteiger partial charge < -0.3 is 15.2 Å². The quantitative estimate of drug-likeness (QED) is 0.844. The van der Waals surface area contributed by atoms with Crippen molar-refractivity contribution >= 4 is 5.91 Å². The van der Waals surface area contributed by atoms with Gasteiger partial charge in [0.15, 0.2) is 0 Å². The lowest BCUT2D eigenvalue weighted by molar-refractivity contribution is 0.0941. The van der Waals surface area contributed by atoms with Gasteiger partial charge in [0.2, 0.25) is 5.56 Å². The Morgan fingerprint density at radius 3 is 2.50 bits per heavy atom. The van der Waals surface area contributed by atoms with E-state index in [-0.39, 0.29) is 17.5 Å². The third kappa shape index (κ3) is 4.56. The fourth-order valence-electron chi connectivity index (χ4n) is 2.19. The number of pyridine rings is 1. The maximum Gasteiger partial charge on any atom is 0.252 e. The molecule has 5 nitrogen and oxygen atoms in total. The van der Waals surface area contributed by atoms with Crippen LogP contribution in [0.3, 0.4) is 0 Å². The molecule has 0 aliphatic carbocycles. The van der Waals surface area contributed by atoms with Gasteiger partial charge in [-0.25, -0.2) is 0 Å². The van der Waals surface area contributed by atoms with Crippen LogP contribution in [0, 0.1) is 0 Å². The molecular weight excluding hydrogens is 278 g/mol. The highest BCUT2D eigenvalue weighted by atomic mass is 16.1. The van der Waals surface area contributed by atoms with Crippen LogP contribution in [0.2, 0.25) is 0 Å². The first-order chi connectivity index (χ1) is 10.6. The lowest BCUT2D eigenvalue weighted by Crippen LogP contribution is -2.41. The fourth-order valence-corrected chi connectivity index (χ4v) is 2.19. The third-order valence-corrected chi connectivity index (χ3v) is 3.59. The molecule has 2 N–H and O–H groups in total. The van der Waals surface area contributed by atoms with Gasteiger partial charge in [0.1, 0.15) is 0 Å². The number of likely N-dealkylation sites (N-methyl/N-ethyl adjacent to an activating group) is 1. The first kappa shape index (κ1) is 16.0. The van der Waals surface area contributed by atoms with Gasteiger partial charge in [0.05, 0.1) is 5.56 Å². The number of aromatic amines is 1. The predicted octanol–water partition coefficient (Wildman–Crippen LogP) is 1.28. The molecule has 0 bridgehead atoms. The van der Waals surface area contributed by atoms with Gasteiger partial charge in [0, 0.05) is 24.8 Å². The lowest BCUT2D eigenvalue weighted by Gasteiger charge is -2.24. The zero-order valence-electron chi connectivity index (χ0n) is 12.9. The maximum absolute atomic E-state index is 12.1. The van der Waals surface area contributed by atoms with Crippen LogP contribution in [0.1, 0.15) is 15.9 Å². The highest BCUT2D eigenvalue weighted by molar-refractivity contribution is 5.93. The monoisotopic (exact) mass is 299 g/mol. The van der Waals surface area contributed by atoms with Crippen LogP contribution in [0.5, 0.6) is 0 Å². The van der Waals surface area contributed by atoms with E-state index >= 15 is 0 Å². The molecule has 0 spiro atoms. The van der Waals surface area contributed by atoms with Crippen LogP contribution in [0.15, 0.2) is 53.5 Å². The summed E-state index contributed by atoms with van der Waals surface area (Å²) in [6.07, 6.45) is 2.29. The summed E-state index contributed by atoms with van der Waals surface area (Å²) >= 11 is 0. The second-order valence-electron chi connectivity index (χ2n) is 5.46. The molecule has 1 amide bonds. The van der Waals surface area contributed by atoms with Gasteiger partial charge in [-0.2, -0.15) is 0 Å². The average molecular weight is 299 g/mol. The van der Waals surface area contributed by atoms with Crippen LogP contribution in [0.25, 0.3) is 0 Å². The van der Waals surface area contributed by atoms with E-state index in [1.54, 1.807) is 0 Å². The number of hydrogen-bond acceptors (Lipinski definition) is 3. The molecule has 0 aliphatic rings. The van der Waals surface area contributed by atoms with E-state index in [0.29, 0.717) is 12.1 Å². The smallest absolute Gasteiger partial charge is 0.252 e. The van der Waals surface area contributed by atoms with Crippen LogP contribution < -0.4 is 10.9 Å². The number of H-pyrrole nitrogens is 1. The van der Waals surface area contributed by atoms with Crippen molar-refractivity contribution in [1.82, 2.24) is 15.2 Å². The standard InChI is InChI=1S/C17H21N3O2/c1-20(2)15(10-13-6-4-3-5-7-13)12-19-17(22)14-8-9-16(21)18-11-14/h3-9,11,15H,10,12H2,1-2H3,(H,18,21)(H,19,22). The van der Waals surface area contributed by atoms with Crippen LogP contribution in [-0.2, 0) is 6.42 Å². The van der Waals surface area contributed by atoms with E-state index in [1.807, 2.05) is 32.3 Å². The summed E-state index contributed by atoms with van der Waals surface area (Å²) < 4.78 is 0. The number of nitrogens with one attached hydrogen (secondary N) is 2. The Balaban J connectivity index is 1.95. The lowest BCUT2D eigenvalue weighted by atomic mass is 10.1. The molecule has 2 aromatic rings. The largest absolute Gasteiger partial charge is 0.350 e. The molecule has 1 aromatic carbocycles. The van der Waals surface area contributed by atoms with Crippen LogP contribution in [-0.4, -0.2) is 42.5 Å². The number of rotatable bonds is 6. The highest BCUT2D eigenvalue weighted by Crippen LogP contribution is 2.06. The number of aromatic nitrogens is 1. The molecule has 116 valence electrons. The van der Waals surface area contributed by atoms with Gasteiger partial charge >= 0.3 is 0 Å². The Kier molecular flexibility index (Phi) is 5.49. The van der Waals surface area contributed by atoms with Crippen molar-refractivity contribution in [2.75, 3.05) is 20.6 Å². The van der Waals surface area contributed by atoms with E-state index in [0.717, 1.165) is 6.42 Å². The van der Waals surface area contributed by atoms with Crippen molar-refractivity contribution in [1.29, 1.82) is 0 Å². The number of benzene rings is 1. The van der Waals surface area contributed by atoms with Crippen LogP contribution in [0.4, 0.5) is 0 Å². The zero-order chi connectivity index (χ0) is 15.9. The topological polar surface area (TPSA) is 65.2 Å². The molecule has 0 fully saturated rings. The Morgan fingerprint density at radius 1 is 1.18 bits per heavy atom. The molecule has 2 rings (SSSR count). The van der Waals surface area contributed by atoms with E-state index in [2.05, 4.69) is 27.3 Å². The van der Waals surface area contributed by atoms with Gasteiger partial charge in [-0.05, 0) is 32.1 Å². The summed E-state index contributed by atoms with van der Waals surface area (Å²) in [6, 6.07) is 13.3. The fraction of sp³-hybridized carbons (Fsp3) is 0.294. The summed E-state index contributed by atoms with van der Waals surface area (Å²) in [7, 11) is 4.00. The van der Waals surface area contributed by atoms with E-state index in [9.17, 15) is 9.59 Å². The Morgan fingerprint density at radius 2 is 1.91 bits per heavy atom. The Bertz CT molecular complexity index is 645. The van der Waals surface area contributed by atoms with E-state index in [1.165, 1.54) is 23.9 Å². The van der Waals surface area contributed by atoms with Crippen molar-refractivity contribution in [3.8, 4) is 0 Å². The first-order valence-electron chi connectivity index (χ1n) is 7.23. The van der Waals surface area contributed by atoms with Crippen molar-refractivity contribution in [2.24, 2.45) is 0 Å². The number of carbonyl (C=O) groups excluding carboxylic acids is 1. The molecule has 1 aromatic heterocycles.